The van der Waals surface area contributed by atoms with Gasteiger partial charge < -0.3 is 9.47 Å². The summed E-state index contributed by atoms with van der Waals surface area (Å²) in [6.07, 6.45) is 0.951. The fraction of sp³-hybridized carbons (Fsp3) is 0.250. The van der Waals surface area contributed by atoms with Crippen molar-refractivity contribution in [2.75, 3.05) is 6.61 Å². The van der Waals surface area contributed by atoms with Gasteiger partial charge in [-0.3, -0.25) is 0 Å². The van der Waals surface area contributed by atoms with Crippen molar-refractivity contribution >= 4 is 0 Å². The number of para-hydroxylation sites is 2. The van der Waals surface area contributed by atoms with E-state index in [1.807, 2.05) is 24.3 Å². The van der Waals surface area contributed by atoms with E-state index in [-0.39, 0.29) is 5.82 Å². The molecule has 0 aliphatic carbocycles. The maximum Gasteiger partial charge on any atom is 0.161 e. The highest BCUT2D eigenvalue weighted by atomic mass is 19.1. The van der Waals surface area contributed by atoms with Crippen molar-refractivity contribution < 1.29 is 13.9 Å². The SMILES string of the molecule is CCCOc1ccccc1OCc1ccc(F)cc1. The van der Waals surface area contributed by atoms with Crippen LogP contribution in [0.25, 0.3) is 0 Å². The van der Waals surface area contributed by atoms with Gasteiger partial charge in [0.2, 0.25) is 0 Å². The van der Waals surface area contributed by atoms with Crippen molar-refractivity contribution in [3.05, 3.63) is 59.9 Å². The van der Waals surface area contributed by atoms with Crippen LogP contribution in [0, 0.1) is 5.82 Å². The summed E-state index contributed by atoms with van der Waals surface area (Å²) < 4.78 is 24.1. The third kappa shape index (κ3) is 3.98. The van der Waals surface area contributed by atoms with Gasteiger partial charge in [-0.15, -0.1) is 0 Å². The summed E-state index contributed by atoms with van der Waals surface area (Å²) in [5.74, 6) is 1.21. The van der Waals surface area contributed by atoms with E-state index in [0.717, 1.165) is 17.7 Å². The highest BCUT2D eigenvalue weighted by Gasteiger charge is 2.04. The van der Waals surface area contributed by atoms with Gasteiger partial charge in [-0.25, -0.2) is 4.39 Å². The van der Waals surface area contributed by atoms with E-state index in [2.05, 4.69) is 6.92 Å². The largest absolute Gasteiger partial charge is 0.490 e. The number of hydrogen-bond donors (Lipinski definition) is 0. The van der Waals surface area contributed by atoms with Crippen LogP contribution in [0.3, 0.4) is 0 Å². The Balaban J connectivity index is 2.00. The summed E-state index contributed by atoms with van der Waals surface area (Å²) in [5, 5.41) is 0. The van der Waals surface area contributed by atoms with Crippen LogP contribution < -0.4 is 9.47 Å². The Kier molecular flexibility index (Phi) is 4.78. The molecule has 2 rings (SSSR count). The molecular formula is C16H17FO2. The minimum absolute atomic E-state index is 0.240. The molecule has 2 nitrogen and oxygen atoms in total. The van der Waals surface area contributed by atoms with E-state index in [0.29, 0.717) is 19.0 Å². The summed E-state index contributed by atoms with van der Waals surface area (Å²) in [4.78, 5) is 0. The lowest BCUT2D eigenvalue weighted by Gasteiger charge is -2.12. The molecule has 2 aromatic carbocycles. The Hall–Kier alpha value is -2.03. The zero-order valence-corrected chi connectivity index (χ0v) is 10.9. The van der Waals surface area contributed by atoms with Crippen LogP contribution in [0.4, 0.5) is 4.39 Å². The lowest BCUT2D eigenvalue weighted by Crippen LogP contribution is -2.00. The number of halogens is 1. The van der Waals surface area contributed by atoms with Crippen LogP contribution in [0.2, 0.25) is 0 Å². The second-order valence-electron chi connectivity index (χ2n) is 4.21. The van der Waals surface area contributed by atoms with Crippen molar-refractivity contribution in [1.29, 1.82) is 0 Å². The molecule has 0 heterocycles. The standard InChI is InChI=1S/C16H17FO2/c1-2-11-18-15-5-3-4-6-16(15)19-12-13-7-9-14(17)10-8-13/h3-10H,2,11-12H2,1H3. The van der Waals surface area contributed by atoms with E-state index >= 15 is 0 Å². The van der Waals surface area contributed by atoms with Crippen LogP contribution in [-0.2, 0) is 6.61 Å². The summed E-state index contributed by atoms with van der Waals surface area (Å²) in [6, 6.07) is 13.9. The van der Waals surface area contributed by atoms with E-state index in [9.17, 15) is 4.39 Å². The molecule has 100 valence electrons. The Labute approximate surface area is 112 Å². The molecular weight excluding hydrogens is 243 g/mol. The lowest BCUT2D eigenvalue weighted by molar-refractivity contribution is 0.262. The van der Waals surface area contributed by atoms with Crippen LogP contribution in [0.5, 0.6) is 11.5 Å². The van der Waals surface area contributed by atoms with Crippen LogP contribution in [0.15, 0.2) is 48.5 Å². The smallest absolute Gasteiger partial charge is 0.161 e. The second-order valence-corrected chi connectivity index (χ2v) is 4.21. The van der Waals surface area contributed by atoms with Crippen LogP contribution >= 0.6 is 0 Å². The minimum Gasteiger partial charge on any atom is -0.490 e. The molecule has 2 aromatic rings. The maximum atomic E-state index is 12.8. The van der Waals surface area contributed by atoms with E-state index in [4.69, 9.17) is 9.47 Å². The minimum atomic E-state index is -0.240. The molecule has 0 saturated carbocycles. The molecule has 19 heavy (non-hydrogen) atoms. The van der Waals surface area contributed by atoms with Gasteiger partial charge >= 0.3 is 0 Å². The number of ether oxygens (including phenoxy) is 2. The first-order valence-electron chi connectivity index (χ1n) is 6.38. The third-order valence-corrected chi connectivity index (χ3v) is 2.62. The Morgan fingerprint density at radius 3 is 2.16 bits per heavy atom. The molecule has 0 atom stereocenters. The summed E-state index contributed by atoms with van der Waals surface area (Å²) in [5.41, 5.74) is 0.923. The average Bonchev–Trinajstić information content (AvgIpc) is 2.45. The molecule has 0 saturated heterocycles. The van der Waals surface area contributed by atoms with Gasteiger partial charge in [-0.05, 0) is 36.2 Å². The molecule has 0 unspecified atom stereocenters. The molecule has 0 bridgehead atoms. The lowest BCUT2D eigenvalue weighted by atomic mass is 10.2. The van der Waals surface area contributed by atoms with Gasteiger partial charge in [0.15, 0.2) is 11.5 Å². The third-order valence-electron chi connectivity index (χ3n) is 2.62. The highest BCUT2D eigenvalue weighted by Crippen LogP contribution is 2.27. The predicted molar refractivity (Wildman–Crippen MR) is 73.0 cm³/mol. The Morgan fingerprint density at radius 2 is 1.53 bits per heavy atom. The topological polar surface area (TPSA) is 18.5 Å². The van der Waals surface area contributed by atoms with E-state index in [1.54, 1.807) is 12.1 Å². The van der Waals surface area contributed by atoms with Gasteiger partial charge in [0, 0.05) is 0 Å². The highest BCUT2D eigenvalue weighted by molar-refractivity contribution is 5.39. The zero-order chi connectivity index (χ0) is 13.5. The average molecular weight is 260 g/mol. The molecule has 0 aliphatic rings. The molecule has 0 spiro atoms. The predicted octanol–water partition coefficient (Wildman–Crippen LogP) is 4.19. The number of rotatable bonds is 6. The first kappa shape index (κ1) is 13.4. The zero-order valence-electron chi connectivity index (χ0n) is 10.9. The number of hydrogen-bond acceptors (Lipinski definition) is 2. The first-order valence-corrected chi connectivity index (χ1v) is 6.38. The van der Waals surface area contributed by atoms with Crippen LogP contribution in [-0.4, -0.2) is 6.61 Å². The van der Waals surface area contributed by atoms with Crippen molar-refractivity contribution in [3.8, 4) is 11.5 Å². The van der Waals surface area contributed by atoms with Gasteiger partial charge in [-0.1, -0.05) is 31.2 Å². The fourth-order valence-corrected chi connectivity index (χ4v) is 1.64. The molecule has 0 fully saturated rings. The quantitative estimate of drug-likeness (QED) is 0.775. The molecule has 3 heteroatoms. The number of benzene rings is 2. The second kappa shape index (κ2) is 6.78. The Bertz CT molecular complexity index is 508. The van der Waals surface area contributed by atoms with Gasteiger partial charge in [0.1, 0.15) is 12.4 Å². The van der Waals surface area contributed by atoms with Crippen molar-refractivity contribution in [1.82, 2.24) is 0 Å². The maximum absolute atomic E-state index is 12.8. The normalized spacial score (nSPS) is 10.2. The molecule has 0 radical (unpaired) electrons. The van der Waals surface area contributed by atoms with E-state index < -0.39 is 0 Å². The molecule has 0 N–H and O–H groups in total. The van der Waals surface area contributed by atoms with E-state index in [1.165, 1.54) is 12.1 Å². The summed E-state index contributed by atoms with van der Waals surface area (Å²) in [6.45, 7) is 3.12. The molecule has 0 amide bonds. The molecule has 0 aliphatic heterocycles. The van der Waals surface area contributed by atoms with Crippen molar-refractivity contribution in [2.24, 2.45) is 0 Å². The van der Waals surface area contributed by atoms with Crippen molar-refractivity contribution in [2.45, 2.75) is 20.0 Å². The van der Waals surface area contributed by atoms with Crippen LogP contribution in [0.1, 0.15) is 18.9 Å². The monoisotopic (exact) mass is 260 g/mol. The van der Waals surface area contributed by atoms with Crippen molar-refractivity contribution in [3.63, 3.8) is 0 Å². The summed E-state index contributed by atoms with van der Waals surface area (Å²) in [7, 11) is 0. The van der Waals surface area contributed by atoms with Gasteiger partial charge in [0.25, 0.3) is 0 Å². The summed E-state index contributed by atoms with van der Waals surface area (Å²) >= 11 is 0. The van der Waals surface area contributed by atoms with Gasteiger partial charge in [-0.2, -0.15) is 0 Å². The van der Waals surface area contributed by atoms with Gasteiger partial charge in [0.05, 0.1) is 6.61 Å². The first-order chi connectivity index (χ1) is 9.29. The Morgan fingerprint density at radius 1 is 0.895 bits per heavy atom. The molecule has 0 aromatic heterocycles. The fourth-order valence-electron chi connectivity index (χ4n) is 1.64.